The average Bonchev–Trinajstić information content (AvgIpc) is 2.23. The summed E-state index contributed by atoms with van der Waals surface area (Å²) in [6, 6.07) is 0. The van der Waals surface area contributed by atoms with Crippen LogP contribution >= 0.6 is 39.3 Å². The summed E-state index contributed by atoms with van der Waals surface area (Å²) in [4.78, 5) is 8.70. The molecule has 15 heavy (non-hydrogen) atoms. The molecule has 0 radical (unpaired) electrons. The van der Waals surface area contributed by atoms with Crippen LogP contribution in [0.4, 0.5) is 0 Å². The SMILES string of the molecule is CCCSCc1nc(Cl)c(Br)c(CC)n1. The summed E-state index contributed by atoms with van der Waals surface area (Å²) in [6.07, 6.45) is 2.05. The standard InChI is InChI=1S/C10H14BrClN2S/c1-3-5-15-6-8-13-7(4-2)9(11)10(12)14-8/h3-6H2,1-2H3. The molecule has 0 aliphatic heterocycles. The number of thioether (sulfide) groups is 1. The van der Waals surface area contributed by atoms with E-state index in [-0.39, 0.29) is 0 Å². The minimum atomic E-state index is 0.522. The summed E-state index contributed by atoms with van der Waals surface area (Å²) < 4.78 is 0.830. The first-order chi connectivity index (χ1) is 7.19. The molecular weight excluding hydrogens is 296 g/mol. The molecule has 0 aromatic carbocycles. The van der Waals surface area contributed by atoms with E-state index in [0.717, 1.165) is 33.9 Å². The van der Waals surface area contributed by atoms with Gasteiger partial charge in [0.2, 0.25) is 0 Å². The molecule has 0 aliphatic carbocycles. The quantitative estimate of drug-likeness (QED) is 0.605. The van der Waals surface area contributed by atoms with Gasteiger partial charge in [0.05, 0.1) is 15.9 Å². The van der Waals surface area contributed by atoms with Crippen LogP contribution in [-0.4, -0.2) is 15.7 Å². The molecule has 0 unspecified atom stereocenters. The third-order valence-corrected chi connectivity index (χ3v) is 4.33. The molecule has 1 aromatic rings. The first-order valence-corrected chi connectivity index (χ1v) is 7.30. The van der Waals surface area contributed by atoms with Crippen LogP contribution in [0.25, 0.3) is 0 Å². The third kappa shape index (κ3) is 3.93. The Labute approximate surface area is 108 Å². The Morgan fingerprint density at radius 3 is 2.67 bits per heavy atom. The second-order valence-corrected chi connectivity index (χ2v) is 5.35. The maximum absolute atomic E-state index is 6.00. The number of aryl methyl sites for hydroxylation is 1. The van der Waals surface area contributed by atoms with Gasteiger partial charge in [0.1, 0.15) is 11.0 Å². The average molecular weight is 310 g/mol. The molecular formula is C10H14BrClN2S. The molecule has 1 heterocycles. The zero-order chi connectivity index (χ0) is 11.3. The van der Waals surface area contributed by atoms with Crippen molar-refractivity contribution in [3.63, 3.8) is 0 Å². The topological polar surface area (TPSA) is 25.8 Å². The lowest BCUT2D eigenvalue weighted by Gasteiger charge is -2.06. The van der Waals surface area contributed by atoms with Gasteiger partial charge in [0.15, 0.2) is 0 Å². The third-order valence-electron chi connectivity index (χ3n) is 1.84. The molecule has 5 heteroatoms. The Kier molecular flexibility index (Phi) is 5.94. The van der Waals surface area contributed by atoms with Gasteiger partial charge in [0, 0.05) is 0 Å². The van der Waals surface area contributed by atoms with E-state index in [4.69, 9.17) is 11.6 Å². The number of halogens is 2. The lowest BCUT2D eigenvalue weighted by atomic mass is 10.3. The summed E-state index contributed by atoms with van der Waals surface area (Å²) in [6.45, 7) is 4.23. The molecule has 0 saturated heterocycles. The predicted octanol–water partition coefficient (Wildman–Crippen LogP) is 4.10. The summed E-state index contributed by atoms with van der Waals surface area (Å²) in [5, 5.41) is 0.522. The molecule has 0 N–H and O–H groups in total. The van der Waals surface area contributed by atoms with Crippen molar-refractivity contribution in [1.82, 2.24) is 9.97 Å². The van der Waals surface area contributed by atoms with Gasteiger partial charge in [-0.1, -0.05) is 25.4 Å². The normalized spacial score (nSPS) is 10.7. The van der Waals surface area contributed by atoms with Gasteiger partial charge in [-0.25, -0.2) is 9.97 Å². The molecule has 0 saturated carbocycles. The Balaban J connectivity index is 2.77. The lowest BCUT2D eigenvalue weighted by Crippen LogP contribution is -2.00. The van der Waals surface area contributed by atoms with Crippen molar-refractivity contribution in [1.29, 1.82) is 0 Å². The van der Waals surface area contributed by atoms with Gasteiger partial charge in [0.25, 0.3) is 0 Å². The monoisotopic (exact) mass is 308 g/mol. The van der Waals surface area contributed by atoms with E-state index in [2.05, 4.69) is 39.7 Å². The van der Waals surface area contributed by atoms with Crippen LogP contribution in [0.2, 0.25) is 5.15 Å². The van der Waals surface area contributed by atoms with Crippen LogP contribution in [-0.2, 0) is 12.2 Å². The molecule has 0 atom stereocenters. The summed E-state index contributed by atoms with van der Waals surface area (Å²) in [5.74, 6) is 2.81. The number of nitrogens with zero attached hydrogens (tertiary/aromatic N) is 2. The summed E-state index contributed by atoms with van der Waals surface area (Å²) >= 11 is 11.2. The van der Waals surface area contributed by atoms with Gasteiger partial charge in [-0.3, -0.25) is 0 Å². The molecule has 2 nitrogen and oxygen atoms in total. The van der Waals surface area contributed by atoms with Crippen molar-refractivity contribution in [2.45, 2.75) is 32.4 Å². The lowest BCUT2D eigenvalue weighted by molar-refractivity contribution is 0.927. The van der Waals surface area contributed by atoms with Gasteiger partial charge in [-0.05, 0) is 34.5 Å². The Bertz CT molecular complexity index is 333. The second kappa shape index (κ2) is 6.71. The van der Waals surface area contributed by atoms with Crippen molar-refractivity contribution in [3.8, 4) is 0 Å². The Morgan fingerprint density at radius 2 is 2.07 bits per heavy atom. The second-order valence-electron chi connectivity index (χ2n) is 3.10. The first kappa shape index (κ1) is 13.3. The van der Waals surface area contributed by atoms with E-state index in [0.29, 0.717) is 5.15 Å². The molecule has 1 rings (SSSR count). The zero-order valence-electron chi connectivity index (χ0n) is 8.89. The Hall–Kier alpha value is 0.200. The predicted molar refractivity (Wildman–Crippen MR) is 70.6 cm³/mol. The van der Waals surface area contributed by atoms with Gasteiger partial charge >= 0.3 is 0 Å². The van der Waals surface area contributed by atoms with E-state index in [1.165, 1.54) is 6.42 Å². The molecule has 0 spiro atoms. The van der Waals surface area contributed by atoms with E-state index in [1.54, 1.807) is 0 Å². The molecule has 84 valence electrons. The molecule has 0 bridgehead atoms. The largest absolute Gasteiger partial charge is 0.236 e. The molecule has 0 amide bonds. The fourth-order valence-electron chi connectivity index (χ4n) is 1.12. The highest BCUT2D eigenvalue weighted by Crippen LogP contribution is 2.24. The van der Waals surface area contributed by atoms with Gasteiger partial charge in [-0.15, -0.1) is 0 Å². The summed E-state index contributed by atoms with van der Waals surface area (Å²) in [7, 11) is 0. The summed E-state index contributed by atoms with van der Waals surface area (Å²) in [5.41, 5.74) is 0.988. The van der Waals surface area contributed by atoms with Crippen LogP contribution < -0.4 is 0 Å². The van der Waals surface area contributed by atoms with Crippen molar-refractivity contribution >= 4 is 39.3 Å². The van der Waals surface area contributed by atoms with Crippen LogP contribution in [0.15, 0.2) is 4.47 Å². The fraction of sp³-hybridized carbons (Fsp3) is 0.600. The van der Waals surface area contributed by atoms with E-state index in [9.17, 15) is 0 Å². The maximum atomic E-state index is 6.00. The molecule has 0 fully saturated rings. The number of aromatic nitrogens is 2. The molecule has 1 aromatic heterocycles. The van der Waals surface area contributed by atoms with Gasteiger partial charge < -0.3 is 0 Å². The van der Waals surface area contributed by atoms with E-state index >= 15 is 0 Å². The highest BCUT2D eigenvalue weighted by atomic mass is 79.9. The minimum Gasteiger partial charge on any atom is -0.236 e. The zero-order valence-corrected chi connectivity index (χ0v) is 12.0. The number of rotatable bonds is 5. The van der Waals surface area contributed by atoms with Crippen LogP contribution in [0.5, 0.6) is 0 Å². The first-order valence-electron chi connectivity index (χ1n) is 4.97. The maximum Gasteiger partial charge on any atom is 0.147 e. The number of hydrogen-bond acceptors (Lipinski definition) is 3. The van der Waals surface area contributed by atoms with Crippen molar-refractivity contribution in [2.75, 3.05) is 5.75 Å². The van der Waals surface area contributed by atoms with Gasteiger partial charge in [-0.2, -0.15) is 11.8 Å². The van der Waals surface area contributed by atoms with E-state index < -0.39 is 0 Å². The minimum absolute atomic E-state index is 0.522. The van der Waals surface area contributed by atoms with E-state index in [1.807, 2.05) is 11.8 Å². The van der Waals surface area contributed by atoms with Crippen LogP contribution in [0.1, 0.15) is 31.8 Å². The highest BCUT2D eigenvalue weighted by Gasteiger charge is 2.08. The fourth-order valence-corrected chi connectivity index (χ4v) is 2.53. The van der Waals surface area contributed by atoms with Crippen molar-refractivity contribution in [3.05, 3.63) is 21.1 Å². The van der Waals surface area contributed by atoms with Crippen LogP contribution in [0, 0.1) is 0 Å². The molecule has 0 aliphatic rings. The Morgan fingerprint density at radius 1 is 1.33 bits per heavy atom. The number of hydrogen-bond donors (Lipinski definition) is 0. The van der Waals surface area contributed by atoms with Crippen molar-refractivity contribution < 1.29 is 0 Å². The highest BCUT2D eigenvalue weighted by molar-refractivity contribution is 9.10. The smallest absolute Gasteiger partial charge is 0.147 e. The van der Waals surface area contributed by atoms with Crippen molar-refractivity contribution in [2.24, 2.45) is 0 Å². The van der Waals surface area contributed by atoms with Crippen LogP contribution in [0.3, 0.4) is 0 Å².